The number of thioether (sulfide) groups is 1. The number of rotatable bonds is 5. The molecule has 1 heterocycles. The molecule has 1 amide bonds. The number of halogens is 2. The first kappa shape index (κ1) is 18.3. The van der Waals surface area contributed by atoms with Crippen LogP contribution in [0.15, 0.2) is 23.1 Å². The van der Waals surface area contributed by atoms with E-state index in [0.29, 0.717) is 31.4 Å². The van der Waals surface area contributed by atoms with Crippen LogP contribution in [-0.4, -0.2) is 34.2 Å². The Morgan fingerprint density at radius 2 is 2.17 bits per heavy atom. The first-order valence-corrected chi connectivity index (χ1v) is 8.76. The fraction of sp³-hybridized carbons (Fsp3) is 0.267. The van der Waals surface area contributed by atoms with E-state index in [1.807, 2.05) is 0 Å². The van der Waals surface area contributed by atoms with Crippen molar-refractivity contribution in [3.05, 3.63) is 38.7 Å². The van der Waals surface area contributed by atoms with Gasteiger partial charge < -0.3 is 4.74 Å². The molecule has 0 unspecified atom stereocenters. The van der Waals surface area contributed by atoms with E-state index in [0.717, 1.165) is 0 Å². The van der Waals surface area contributed by atoms with E-state index in [-0.39, 0.29) is 24.8 Å². The van der Waals surface area contributed by atoms with Crippen LogP contribution < -0.4 is 0 Å². The second-order valence-electron chi connectivity index (χ2n) is 4.55. The summed E-state index contributed by atoms with van der Waals surface area (Å²) in [5, 5.41) is 0.975. The number of carbonyl (C=O) groups excluding carboxylic acids is 2. The summed E-state index contributed by atoms with van der Waals surface area (Å²) in [5.74, 6) is -0.596. The Morgan fingerprint density at radius 3 is 2.83 bits per heavy atom. The van der Waals surface area contributed by atoms with Gasteiger partial charge in [0, 0.05) is 16.6 Å². The molecule has 4 nitrogen and oxygen atoms in total. The van der Waals surface area contributed by atoms with E-state index in [1.54, 1.807) is 31.2 Å². The minimum Gasteiger partial charge on any atom is -0.466 e. The quantitative estimate of drug-likeness (QED) is 0.430. The summed E-state index contributed by atoms with van der Waals surface area (Å²) < 4.78 is 5.26. The molecule has 8 heteroatoms. The Bertz CT molecular complexity index is 691. The van der Waals surface area contributed by atoms with Crippen LogP contribution in [0.2, 0.25) is 10.0 Å². The predicted molar refractivity (Wildman–Crippen MR) is 97.6 cm³/mol. The number of thiocarbonyl (C=S) groups is 1. The highest BCUT2D eigenvalue weighted by Crippen LogP contribution is 2.34. The van der Waals surface area contributed by atoms with Crippen LogP contribution in [0.1, 0.15) is 18.9 Å². The molecule has 23 heavy (non-hydrogen) atoms. The van der Waals surface area contributed by atoms with Gasteiger partial charge in [-0.1, -0.05) is 53.2 Å². The first-order valence-electron chi connectivity index (χ1n) is 6.78. The van der Waals surface area contributed by atoms with Crippen molar-refractivity contribution in [3.8, 4) is 0 Å². The average Bonchev–Trinajstić information content (AvgIpc) is 2.75. The molecule has 1 aliphatic heterocycles. The van der Waals surface area contributed by atoms with E-state index in [4.69, 9.17) is 40.2 Å². The van der Waals surface area contributed by atoms with Crippen LogP contribution in [0.5, 0.6) is 0 Å². The van der Waals surface area contributed by atoms with E-state index in [9.17, 15) is 9.59 Å². The van der Waals surface area contributed by atoms with Gasteiger partial charge in [0.2, 0.25) is 0 Å². The zero-order valence-corrected chi connectivity index (χ0v) is 15.3. The molecular formula is C15H13Cl2NO3S2. The smallest absolute Gasteiger partial charge is 0.307 e. The Hall–Kier alpha value is -1.08. The third-order valence-electron chi connectivity index (χ3n) is 2.97. The molecule has 0 aromatic heterocycles. The van der Waals surface area contributed by atoms with Gasteiger partial charge in [0.25, 0.3) is 5.91 Å². The molecular weight excluding hydrogens is 377 g/mol. The van der Waals surface area contributed by atoms with Crippen molar-refractivity contribution in [2.75, 3.05) is 13.2 Å². The van der Waals surface area contributed by atoms with Crippen molar-refractivity contribution in [1.82, 2.24) is 4.90 Å². The summed E-state index contributed by atoms with van der Waals surface area (Å²) in [7, 11) is 0. The SMILES string of the molecule is CCOC(=O)CCN1C(=O)/C(=C\c2ccc(Cl)cc2Cl)SC1=S. The lowest BCUT2D eigenvalue weighted by Gasteiger charge is -2.13. The summed E-state index contributed by atoms with van der Waals surface area (Å²) in [6.45, 7) is 2.25. The Balaban J connectivity index is 2.11. The molecule has 0 saturated carbocycles. The van der Waals surface area contributed by atoms with Gasteiger partial charge in [-0.3, -0.25) is 14.5 Å². The summed E-state index contributed by atoms with van der Waals surface area (Å²) in [6, 6.07) is 5.03. The Morgan fingerprint density at radius 1 is 1.43 bits per heavy atom. The molecule has 1 saturated heterocycles. The van der Waals surface area contributed by atoms with Gasteiger partial charge in [0.05, 0.1) is 17.9 Å². The van der Waals surface area contributed by atoms with Crippen molar-refractivity contribution in [2.24, 2.45) is 0 Å². The monoisotopic (exact) mass is 389 g/mol. The number of esters is 1. The van der Waals surface area contributed by atoms with E-state index < -0.39 is 0 Å². The fourth-order valence-corrected chi connectivity index (χ4v) is 3.65. The normalized spacial score (nSPS) is 16.3. The fourth-order valence-electron chi connectivity index (χ4n) is 1.89. The number of amides is 1. The molecule has 1 fully saturated rings. The van der Waals surface area contributed by atoms with Crippen molar-refractivity contribution in [2.45, 2.75) is 13.3 Å². The number of hydrogen-bond acceptors (Lipinski definition) is 5. The maximum atomic E-state index is 12.4. The molecule has 0 spiro atoms. The highest BCUT2D eigenvalue weighted by Gasteiger charge is 2.32. The maximum Gasteiger partial charge on any atom is 0.307 e. The second kappa shape index (κ2) is 8.15. The molecule has 1 aromatic rings. The van der Waals surface area contributed by atoms with Crippen molar-refractivity contribution in [3.63, 3.8) is 0 Å². The van der Waals surface area contributed by atoms with Gasteiger partial charge in [-0.2, -0.15) is 0 Å². The molecule has 0 atom stereocenters. The zero-order valence-electron chi connectivity index (χ0n) is 12.2. The minimum atomic E-state index is -0.355. The lowest BCUT2D eigenvalue weighted by atomic mass is 10.2. The van der Waals surface area contributed by atoms with E-state index in [2.05, 4.69) is 0 Å². The first-order chi connectivity index (χ1) is 10.9. The van der Waals surface area contributed by atoms with Crippen LogP contribution >= 0.6 is 47.2 Å². The number of ether oxygens (including phenoxy) is 1. The molecule has 0 radical (unpaired) electrons. The molecule has 0 N–H and O–H groups in total. The van der Waals surface area contributed by atoms with Gasteiger partial charge in [0.1, 0.15) is 4.32 Å². The molecule has 2 rings (SSSR count). The maximum absolute atomic E-state index is 12.4. The Labute approximate surface area is 153 Å². The lowest BCUT2D eigenvalue weighted by molar-refractivity contribution is -0.143. The molecule has 1 aliphatic rings. The van der Waals surface area contributed by atoms with Crippen molar-refractivity contribution < 1.29 is 14.3 Å². The predicted octanol–water partition coefficient (Wildman–Crippen LogP) is 4.15. The standard InChI is InChI=1S/C15H13Cl2NO3S2/c1-2-21-13(19)5-6-18-14(20)12(23-15(18)22)7-9-3-4-10(16)8-11(9)17/h3-4,7-8H,2,5-6H2,1H3/b12-7+. The summed E-state index contributed by atoms with van der Waals surface area (Å²) in [6.07, 6.45) is 1.78. The van der Waals surface area contributed by atoms with Crippen LogP contribution in [0.4, 0.5) is 0 Å². The van der Waals surface area contributed by atoms with E-state index in [1.165, 1.54) is 16.7 Å². The molecule has 122 valence electrons. The molecule has 0 aliphatic carbocycles. The highest BCUT2D eigenvalue weighted by atomic mass is 35.5. The number of nitrogens with zero attached hydrogens (tertiary/aromatic N) is 1. The minimum absolute atomic E-state index is 0.106. The highest BCUT2D eigenvalue weighted by molar-refractivity contribution is 8.26. The summed E-state index contributed by atoms with van der Waals surface area (Å²) >= 11 is 18.3. The summed E-state index contributed by atoms with van der Waals surface area (Å²) in [4.78, 5) is 25.7. The number of hydrogen-bond donors (Lipinski definition) is 0. The van der Waals surface area contributed by atoms with Crippen LogP contribution in [0.3, 0.4) is 0 Å². The summed E-state index contributed by atoms with van der Waals surface area (Å²) in [5.41, 5.74) is 0.682. The van der Waals surface area contributed by atoms with Crippen LogP contribution in [-0.2, 0) is 14.3 Å². The van der Waals surface area contributed by atoms with E-state index >= 15 is 0 Å². The van der Waals surface area contributed by atoms with Gasteiger partial charge in [-0.25, -0.2) is 0 Å². The molecule has 1 aromatic carbocycles. The van der Waals surface area contributed by atoms with Crippen LogP contribution in [0.25, 0.3) is 6.08 Å². The third-order valence-corrected chi connectivity index (χ3v) is 4.91. The molecule has 0 bridgehead atoms. The van der Waals surface area contributed by atoms with Crippen molar-refractivity contribution >= 4 is 69.5 Å². The topological polar surface area (TPSA) is 46.6 Å². The van der Waals surface area contributed by atoms with Gasteiger partial charge in [-0.05, 0) is 30.7 Å². The largest absolute Gasteiger partial charge is 0.466 e. The van der Waals surface area contributed by atoms with Crippen LogP contribution in [0, 0.1) is 0 Å². The second-order valence-corrected chi connectivity index (χ2v) is 7.07. The van der Waals surface area contributed by atoms with Gasteiger partial charge in [-0.15, -0.1) is 0 Å². The zero-order chi connectivity index (χ0) is 17.0. The third kappa shape index (κ3) is 4.70. The lowest BCUT2D eigenvalue weighted by Crippen LogP contribution is -2.30. The number of carbonyl (C=O) groups is 2. The average molecular weight is 390 g/mol. The van der Waals surface area contributed by atoms with Gasteiger partial charge in [0.15, 0.2) is 0 Å². The van der Waals surface area contributed by atoms with Crippen molar-refractivity contribution in [1.29, 1.82) is 0 Å². The number of benzene rings is 1. The Kier molecular flexibility index (Phi) is 6.47. The van der Waals surface area contributed by atoms with Gasteiger partial charge >= 0.3 is 5.97 Å².